The third-order valence-corrected chi connectivity index (χ3v) is 7.11. The summed E-state index contributed by atoms with van der Waals surface area (Å²) in [4.78, 5) is 15.8. The number of carbonyl (C=O) groups excluding carboxylic acids is 1. The van der Waals surface area contributed by atoms with Gasteiger partial charge in [0.05, 0.1) is 20.3 Å². The molecule has 1 unspecified atom stereocenters. The maximum atomic E-state index is 13.9. The molecule has 1 aliphatic rings. The van der Waals surface area contributed by atoms with Crippen molar-refractivity contribution in [2.45, 2.75) is 26.3 Å². The Morgan fingerprint density at radius 3 is 2.11 bits per heavy atom. The number of nitrogens with zero attached hydrogens (tertiary/aromatic N) is 1. The van der Waals surface area contributed by atoms with Gasteiger partial charge in [0, 0.05) is 12.1 Å². The normalized spacial score (nSPS) is 14.5. The second-order valence-electron chi connectivity index (χ2n) is 9.75. The molecule has 1 amide bonds. The van der Waals surface area contributed by atoms with E-state index < -0.39 is 0 Å². The molecule has 1 aliphatic heterocycles. The lowest BCUT2D eigenvalue weighted by molar-refractivity contribution is 0.0589. The lowest BCUT2D eigenvalue weighted by Gasteiger charge is -2.37. The van der Waals surface area contributed by atoms with Crippen molar-refractivity contribution in [3.63, 3.8) is 0 Å². The number of aryl methyl sites for hydroxylation is 2. The number of fused-ring (bicyclic) bond motifs is 1. The zero-order valence-electron chi connectivity index (χ0n) is 22.4. The summed E-state index contributed by atoms with van der Waals surface area (Å²) in [7, 11) is 3.27. The fraction of sp³-hybridized carbons (Fsp3) is 0.242. The lowest BCUT2D eigenvalue weighted by Crippen LogP contribution is -2.42. The summed E-state index contributed by atoms with van der Waals surface area (Å²) < 4.78 is 17.5. The van der Waals surface area contributed by atoms with E-state index in [4.69, 9.17) is 14.2 Å². The minimum atomic E-state index is -0.277. The summed E-state index contributed by atoms with van der Waals surface area (Å²) in [5.74, 6) is 2.12. The molecule has 0 fully saturated rings. The van der Waals surface area contributed by atoms with Gasteiger partial charge in [0.2, 0.25) is 0 Å². The van der Waals surface area contributed by atoms with Crippen LogP contribution in [-0.2, 0) is 6.42 Å². The summed E-state index contributed by atoms with van der Waals surface area (Å²) in [5, 5.41) is 0. The van der Waals surface area contributed by atoms with Crippen LogP contribution < -0.4 is 14.2 Å². The fourth-order valence-corrected chi connectivity index (χ4v) is 5.24. The summed E-state index contributed by atoms with van der Waals surface area (Å²) in [5.41, 5.74) is 7.30. The van der Waals surface area contributed by atoms with Crippen molar-refractivity contribution in [3.8, 4) is 28.4 Å². The van der Waals surface area contributed by atoms with E-state index in [1.165, 1.54) is 0 Å². The molecule has 5 nitrogen and oxygen atoms in total. The smallest absolute Gasteiger partial charge is 0.254 e. The highest BCUT2D eigenvalue weighted by atomic mass is 16.5. The van der Waals surface area contributed by atoms with Crippen LogP contribution in [0.25, 0.3) is 11.1 Å². The van der Waals surface area contributed by atoms with Gasteiger partial charge in [-0.15, -0.1) is 0 Å². The van der Waals surface area contributed by atoms with Gasteiger partial charge < -0.3 is 19.1 Å². The largest absolute Gasteiger partial charge is 0.493 e. The summed E-state index contributed by atoms with van der Waals surface area (Å²) in [6.07, 6.45) is 0.726. The molecule has 38 heavy (non-hydrogen) atoms. The number of methoxy groups -OCH3 is 2. The Morgan fingerprint density at radius 1 is 0.816 bits per heavy atom. The van der Waals surface area contributed by atoms with Gasteiger partial charge in [-0.2, -0.15) is 0 Å². The molecule has 0 radical (unpaired) electrons. The zero-order chi connectivity index (χ0) is 26.6. The molecule has 194 valence electrons. The van der Waals surface area contributed by atoms with Crippen molar-refractivity contribution in [3.05, 3.63) is 113 Å². The summed E-state index contributed by atoms with van der Waals surface area (Å²) >= 11 is 0. The van der Waals surface area contributed by atoms with E-state index in [1.807, 2.05) is 71.6 Å². The SMILES string of the molecule is COc1cc2c(cc1OC)C(COc1cc(C)cc(C)c1)N(C(=O)c1ccc(-c3ccccc3)cc1)CC2. The van der Waals surface area contributed by atoms with Crippen LogP contribution in [0.2, 0.25) is 0 Å². The molecule has 0 spiro atoms. The third-order valence-electron chi connectivity index (χ3n) is 7.11. The van der Waals surface area contributed by atoms with E-state index in [1.54, 1.807) is 14.2 Å². The molecule has 5 heteroatoms. The lowest BCUT2D eigenvalue weighted by atomic mass is 9.91. The molecule has 0 aromatic heterocycles. The fourth-order valence-electron chi connectivity index (χ4n) is 5.24. The van der Waals surface area contributed by atoms with Crippen molar-refractivity contribution in [1.82, 2.24) is 4.90 Å². The van der Waals surface area contributed by atoms with E-state index in [2.05, 4.69) is 32.0 Å². The van der Waals surface area contributed by atoms with Gasteiger partial charge in [-0.05, 0) is 90.0 Å². The maximum Gasteiger partial charge on any atom is 0.254 e. The molecule has 1 atom stereocenters. The van der Waals surface area contributed by atoms with Crippen LogP contribution in [0, 0.1) is 13.8 Å². The first kappa shape index (κ1) is 25.4. The predicted molar refractivity (Wildman–Crippen MR) is 150 cm³/mol. The van der Waals surface area contributed by atoms with Gasteiger partial charge >= 0.3 is 0 Å². The number of carbonyl (C=O) groups is 1. The topological polar surface area (TPSA) is 48.0 Å². The van der Waals surface area contributed by atoms with E-state index >= 15 is 0 Å². The number of hydrogen-bond donors (Lipinski definition) is 0. The second kappa shape index (κ2) is 11.0. The van der Waals surface area contributed by atoms with Gasteiger partial charge in [0.15, 0.2) is 11.5 Å². The molecule has 4 aromatic rings. The predicted octanol–water partition coefficient (Wildman–Crippen LogP) is 6.81. The van der Waals surface area contributed by atoms with Crippen molar-refractivity contribution in [1.29, 1.82) is 0 Å². The summed E-state index contributed by atoms with van der Waals surface area (Å²) in [6.45, 7) is 5.03. The molecular formula is C33H33NO4. The Balaban J connectivity index is 1.47. The molecule has 0 saturated heterocycles. The molecule has 0 saturated carbocycles. The van der Waals surface area contributed by atoms with E-state index in [0.29, 0.717) is 30.2 Å². The average molecular weight is 508 g/mol. The zero-order valence-corrected chi connectivity index (χ0v) is 22.4. The maximum absolute atomic E-state index is 13.9. The first-order chi connectivity index (χ1) is 18.5. The number of amides is 1. The Bertz CT molecular complexity index is 1410. The Kier molecular flexibility index (Phi) is 7.36. The minimum Gasteiger partial charge on any atom is -0.493 e. The van der Waals surface area contributed by atoms with Crippen LogP contribution >= 0.6 is 0 Å². The van der Waals surface area contributed by atoms with E-state index in [-0.39, 0.29) is 11.9 Å². The van der Waals surface area contributed by atoms with Gasteiger partial charge in [0.1, 0.15) is 12.4 Å². The average Bonchev–Trinajstić information content (AvgIpc) is 2.94. The van der Waals surface area contributed by atoms with Crippen molar-refractivity contribution in [2.75, 3.05) is 27.4 Å². The van der Waals surface area contributed by atoms with Crippen LogP contribution in [0.4, 0.5) is 0 Å². The minimum absolute atomic E-state index is 0.0148. The van der Waals surface area contributed by atoms with Gasteiger partial charge in [0.25, 0.3) is 5.91 Å². The standard InChI is InChI=1S/C33H33NO4/c1-22-16-23(2)18-28(17-22)38-21-30-29-20-32(37-4)31(36-3)19-27(29)14-15-34(30)33(35)26-12-10-25(11-13-26)24-8-6-5-7-9-24/h5-13,16-20,30H,14-15,21H2,1-4H3. The highest BCUT2D eigenvalue weighted by molar-refractivity contribution is 5.95. The quantitative estimate of drug-likeness (QED) is 0.276. The van der Waals surface area contributed by atoms with Crippen LogP contribution in [0.3, 0.4) is 0 Å². The molecule has 0 aliphatic carbocycles. The molecule has 5 rings (SSSR count). The van der Waals surface area contributed by atoms with Crippen LogP contribution in [0.5, 0.6) is 17.2 Å². The van der Waals surface area contributed by atoms with Gasteiger partial charge in [-0.25, -0.2) is 0 Å². The van der Waals surface area contributed by atoms with Crippen molar-refractivity contribution >= 4 is 5.91 Å². The molecule has 4 aromatic carbocycles. The number of benzene rings is 4. The number of rotatable bonds is 7. The Morgan fingerprint density at radius 2 is 1.45 bits per heavy atom. The highest BCUT2D eigenvalue weighted by Gasteiger charge is 2.33. The Labute approximate surface area is 224 Å². The van der Waals surface area contributed by atoms with Crippen molar-refractivity contribution < 1.29 is 19.0 Å². The monoisotopic (exact) mass is 507 g/mol. The molecule has 0 bridgehead atoms. The van der Waals surface area contributed by atoms with Crippen LogP contribution in [0.15, 0.2) is 84.9 Å². The van der Waals surface area contributed by atoms with Gasteiger partial charge in [-0.3, -0.25) is 4.79 Å². The molecule has 1 heterocycles. The molecule has 0 N–H and O–H groups in total. The highest BCUT2D eigenvalue weighted by Crippen LogP contribution is 2.39. The second-order valence-corrected chi connectivity index (χ2v) is 9.75. The third kappa shape index (κ3) is 5.23. The van der Waals surface area contributed by atoms with Crippen LogP contribution in [0.1, 0.15) is 38.7 Å². The van der Waals surface area contributed by atoms with E-state index in [9.17, 15) is 4.79 Å². The first-order valence-electron chi connectivity index (χ1n) is 12.9. The summed E-state index contributed by atoms with van der Waals surface area (Å²) in [6, 6.07) is 27.9. The first-order valence-corrected chi connectivity index (χ1v) is 12.9. The number of ether oxygens (including phenoxy) is 3. The van der Waals surface area contributed by atoms with Crippen molar-refractivity contribution in [2.24, 2.45) is 0 Å². The van der Waals surface area contributed by atoms with Gasteiger partial charge in [-0.1, -0.05) is 48.5 Å². The number of hydrogen-bond acceptors (Lipinski definition) is 4. The van der Waals surface area contributed by atoms with E-state index in [0.717, 1.165) is 45.6 Å². The Hall–Kier alpha value is -4.25. The van der Waals surface area contributed by atoms with Crippen LogP contribution in [-0.4, -0.2) is 38.2 Å². The molecular weight excluding hydrogens is 474 g/mol.